The molecule has 0 amide bonds. The molecule has 2 heterocycles. The summed E-state index contributed by atoms with van der Waals surface area (Å²) in [7, 11) is 0. The third-order valence-electron chi connectivity index (χ3n) is 4.08. The van der Waals surface area contributed by atoms with E-state index in [1.165, 1.54) is 0 Å². The fourth-order valence-electron chi connectivity index (χ4n) is 3.06. The van der Waals surface area contributed by atoms with Gasteiger partial charge in [-0.3, -0.25) is 0 Å². The van der Waals surface area contributed by atoms with Crippen LogP contribution in [-0.4, -0.2) is 44.7 Å². The first-order chi connectivity index (χ1) is 8.28. The average Bonchev–Trinajstić information content (AvgIpc) is 2.40. The van der Waals surface area contributed by atoms with Crippen molar-refractivity contribution in [3.63, 3.8) is 0 Å². The van der Waals surface area contributed by atoms with Crippen LogP contribution in [0.3, 0.4) is 0 Å². The molecule has 2 rings (SSSR count). The molecule has 0 aromatic heterocycles. The van der Waals surface area contributed by atoms with Crippen molar-refractivity contribution in [1.82, 2.24) is 0 Å². The van der Waals surface area contributed by atoms with Crippen molar-refractivity contribution in [2.75, 3.05) is 33.0 Å². The van der Waals surface area contributed by atoms with E-state index in [1.54, 1.807) is 0 Å². The Morgan fingerprint density at radius 1 is 1.29 bits per heavy atom. The maximum atomic E-state index is 6.48. The van der Waals surface area contributed by atoms with Crippen molar-refractivity contribution in [2.24, 2.45) is 11.7 Å². The predicted octanol–water partition coefficient (Wildman–Crippen LogP) is 1.33. The zero-order valence-corrected chi connectivity index (χ0v) is 10.8. The van der Waals surface area contributed by atoms with Crippen LogP contribution in [0.5, 0.6) is 0 Å². The first-order valence-electron chi connectivity index (χ1n) is 6.83. The summed E-state index contributed by atoms with van der Waals surface area (Å²) in [5, 5.41) is 0. The fourth-order valence-corrected chi connectivity index (χ4v) is 3.06. The summed E-state index contributed by atoms with van der Waals surface area (Å²) in [6, 6.07) is 0.0756. The minimum absolute atomic E-state index is 0.0756. The molecule has 0 spiro atoms. The summed E-state index contributed by atoms with van der Waals surface area (Å²) in [5.74, 6) is 0.438. The molecule has 2 atom stereocenters. The van der Waals surface area contributed by atoms with Gasteiger partial charge in [0, 0.05) is 51.2 Å². The van der Waals surface area contributed by atoms with E-state index in [2.05, 4.69) is 0 Å². The zero-order chi connectivity index (χ0) is 12.1. The van der Waals surface area contributed by atoms with Gasteiger partial charge in [-0.05, 0) is 19.8 Å². The van der Waals surface area contributed by atoms with Gasteiger partial charge in [0.15, 0.2) is 0 Å². The van der Waals surface area contributed by atoms with E-state index in [-0.39, 0.29) is 11.6 Å². The minimum atomic E-state index is -0.182. The number of hydrogen-bond donors (Lipinski definition) is 1. The monoisotopic (exact) mass is 243 g/mol. The Bertz CT molecular complexity index is 217. The van der Waals surface area contributed by atoms with Crippen molar-refractivity contribution in [3.05, 3.63) is 0 Å². The second-order valence-electron chi connectivity index (χ2n) is 5.11. The molecule has 0 radical (unpaired) electrons. The molecule has 0 saturated carbocycles. The molecule has 0 aromatic carbocycles. The van der Waals surface area contributed by atoms with E-state index in [4.69, 9.17) is 19.9 Å². The van der Waals surface area contributed by atoms with E-state index in [0.29, 0.717) is 5.92 Å². The van der Waals surface area contributed by atoms with Crippen molar-refractivity contribution in [3.8, 4) is 0 Å². The Balaban J connectivity index is 2.02. The molecule has 2 fully saturated rings. The first-order valence-corrected chi connectivity index (χ1v) is 6.83. The first kappa shape index (κ1) is 13.3. The molecular formula is C13H25NO3. The van der Waals surface area contributed by atoms with E-state index in [9.17, 15) is 0 Å². The molecule has 4 heteroatoms. The van der Waals surface area contributed by atoms with E-state index >= 15 is 0 Å². The lowest BCUT2D eigenvalue weighted by molar-refractivity contribution is -0.137. The number of nitrogens with two attached hydrogens (primary N) is 1. The van der Waals surface area contributed by atoms with Gasteiger partial charge in [-0.15, -0.1) is 0 Å². The second kappa shape index (κ2) is 6.14. The van der Waals surface area contributed by atoms with Crippen LogP contribution in [0.15, 0.2) is 0 Å². The van der Waals surface area contributed by atoms with E-state index in [0.717, 1.165) is 58.7 Å². The van der Waals surface area contributed by atoms with Crippen LogP contribution < -0.4 is 5.73 Å². The SMILES string of the molecule is CCOC1(C(N)C2CCCOC2)CCOCC1. The predicted molar refractivity (Wildman–Crippen MR) is 65.9 cm³/mol. The quantitative estimate of drug-likeness (QED) is 0.809. The summed E-state index contributed by atoms with van der Waals surface area (Å²) in [6.07, 6.45) is 4.12. The lowest BCUT2D eigenvalue weighted by Gasteiger charge is -2.45. The van der Waals surface area contributed by atoms with Crippen LogP contribution in [0.4, 0.5) is 0 Å². The highest BCUT2D eigenvalue weighted by molar-refractivity contribution is 4.97. The van der Waals surface area contributed by atoms with Gasteiger partial charge in [0.1, 0.15) is 0 Å². The van der Waals surface area contributed by atoms with Crippen molar-refractivity contribution >= 4 is 0 Å². The summed E-state index contributed by atoms with van der Waals surface area (Å²) in [4.78, 5) is 0. The Morgan fingerprint density at radius 3 is 2.65 bits per heavy atom. The van der Waals surface area contributed by atoms with Gasteiger partial charge in [-0.2, -0.15) is 0 Å². The average molecular weight is 243 g/mol. The van der Waals surface area contributed by atoms with Gasteiger partial charge >= 0.3 is 0 Å². The molecule has 0 aliphatic carbocycles. The Labute approximate surface area is 104 Å². The molecule has 0 bridgehead atoms. The molecule has 0 aromatic rings. The third-order valence-corrected chi connectivity index (χ3v) is 4.08. The maximum absolute atomic E-state index is 6.48. The van der Waals surface area contributed by atoms with Crippen LogP contribution in [0.1, 0.15) is 32.6 Å². The van der Waals surface area contributed by atoms with Crippen LogP contribution >= 0.6 is 0 Å². The van der Waals surface area contributed by atoms with Crippen molar-refractivity contribution in [2.45, 2.75) is 44.2 Å². The highest BCUT2D eigenvalue weighted by Crippen LogP contribution is 2.33. The molecule has 17 heavy (non-hydrogen) atoms. The van der Waals surface area contributed by atoms with Crippen LogP contribution in [-0.2, 0) is 14.2 Å². The molecular weight excluding hydrogens is 218 g/mol. The lowest BCUT2D eigenvalue weighted by Crippen LogP contribution is -2.58. The minimum Gasteiger partial charge on any atom is -0.381 e. The number of hydrogen-bond acceptors (Lipinski definition) is 4. The van der Waals surface area contributed by atoms with Gasteiger partial charge in [0.05, 0.1) is 12.2 Å². The van der Waals surface area contributed by atoms with Crippen molar-refractivity contribution < 1.29 is 14.2 Å². The maximum Gasteiger partial charge on any atom is 0.0879 e. The standard InChI is InChI=1S/C13H25NO3/c1-2-17-13(5-8-15-9-6-13)12(14)11-4-3-7-16-10-11/h11-12H,2-10,14H2,1H3. The van der Waals surface area contributed by atoms with Gasteiger partial charge in [0.25, 0.3) is 0 Å². The largest absolute Gasteiger partial charge is 0.381 e. The lowest BCUT2D eigenvalue weighted by atomic mass is 9.77. The summed E-state index contributed by atoms with van der Waals surface area (Å²) in [5.41, 5.74) is 6.30. The summed E-state index contributed by atoms with van der Waals surface area (Å²) >= 11 is 0. The van der Waals surface area contributed by atoms with Crippen LogP contribution in [0, 0.1) is 5.92 Å². The molecule has 2 unspecified atom stereocenters. The second-order valence-corrected chi connectivity index (χ2v) is 5.11. The molecule has 100 valence electrons. The van der Waals surface area contributed by atoms with Crippen molar-refractivity contribution in [1.29, 1.82) is 0 Å². The normalized spacial score (nSPS) is 31.1. The summed E-state index contributed by atoms with van der Waals surface area (Å²) < 4.78 is 17.0. The third kappa shape index (κ3) is 2.99. The Kier molecular flexibility index (Phi) is 4.79. The van der Waals surface area contributed by atoms with Crippen LogP contribution in [0.2, 0.25) is 0 Å². The molecule has 2 aliphatic rings. The smallest absolute Gasteiger partial charge is 0.0879 e. The molecule has 2 saturated heterocycles. The Hall–Kier alpha value is -0.160. The van der Waals surface area contributed by atoms with E-state index < -0.39 is 0 Å². The zero-order valence-electron chi connectivity index (χ0n) is 10.8. The Morgan fingerprint density at radius 2 is 2.06 bits per heavy atom. The van der Waals surface area contributed by atoms with Gasteiger partial charge in [-0.25, -0.2) is 0 Å². The number of rotatable bonds is 4. The highest BCUT2D eigenvalue weighted by Gasteiger charge is 2.43. The highest BCUT2D eigenvalue weighted by atomic mass is 16.5. The summed E-state index contributed by atoms with van der Waals surface area (Å²) in [6.45, 7) is 5.97. The van der Waals surface area contributed by atoms with Gasteiger partial charge < -0.3 is 19.9 Å². The van der Waals surface area contributed by atoms with Crippen LogP contribution in [0.25, 0.3) is 0 Å². The fraction of sp³-hybridized carbons (Fsp3) is 1.00. The van der Waals surface area contributed by atoms with Gasteiger partial charge in [-0.1, -0.05) is 0 Å². The van der Waals surface area contributed by atoms with Gasteiger partial charge in [0.2, 0.25) is 0 Å². The molecule has 4 nitrogen and oxygen atoms in total. The number of ether oxygens (including phenoxy) is 3. The molecule has 2 aliphatic heterocycles. The van der Waals surface area contributed by atoms with E-state index in [1.807, 2.05) is 6.92 Å². The molecule has 2 N–H and O–H groups in total. The topological polar surface area (TPSA) is 53.7 Å².